The van der Waals surface area contributed by atoms with Gasteiger partial charge in [-0.15, -0.1) is 11.3 Å². The minimum atomic E-state index is 0.870. The van der Waals surface area contributed by atoms with Gasteiger partial charge in [0.1, 0.15) is 0 Å². The summed E-state index contributed by atoms with van der Waals surface area (Å²) in [5.41, 5.74) is 1.57. The molecule has 0 amide bonds. The Balaban J connectivity index is 1.62. The zero-order valence-electron chi connectivity index (χ0n) is 12.2. The first-order chi connectivity index (χ1) is 9.22. The summed E-state index contributed by atoms with van der Waals surface area (Å²) in [6, 6.07) is 3.27. The second-order valence-corrected chi connectivity index (χ2v) is 7.77. The van der Waals surface area contributed by atoms with Crippen LogP contribution in [0.3, 0.4) is 0 Å². The van der Waals surface area contributed by atoms with Crippen molar-refractivity contribution < 1.29 is 0 Å². The Morgan fingerprint density at radius 1 is 1.32 bits per heavy atom. The molecule has 1 N–H and O–H groups in total. The van der Waals surface area contributed by atoms with E-state index in [0.717, 1.165) is 12.0 Å². The molecule has 1 saturated carbocycles. The van der Waals surface area contributed by atoms with Crippen molar-refractivity contribution in [2.75, 3.05) is 19.6 Å². The van der Waals surface area contributed by atoms with Gasteiger partial charge in [0.2, 0.25) is 0 Å². The molecule has 1 aromatic heterocycles. The van der Waals surface area contributed by atoms with Gasteiger partial charge in [0.05, 0.1) is 0 Å². The van der Waals surface area contributed by atoms with Gasteiger partial charge in [0.15, 0.2) is 0 Å². The molecule has 0 bridgehead atoms. The minimum absolute atomic E-state index is 0.870. The van der Waals surface area contributed by atoms with Gasteiger partial charge in [0.25, 0.3) is 0 Å². The number of thiophene rings is 1. The summed E-state index contributed by atoms with van der Waals surface area (Å²) in [6.07, 6.45) is 5.61. The molecule has 2 heterocycles. The van der Waals surface area contributed by atoms with Crippen LogP contribution in [0.2, 0.25) is 0 Å². The molecule has 2 fully saturated rings. The van der Waals surface area contributed by atoms with Crippen molar-refractivity contribution in [3.05, 3.63) is 21.4 Å². The summed E-state index contributed by atoms with van der Waals surface area (Å²) in [5.74, 6) is 0.870. The maximum absolute atomic E-state index is 3.55. The van der Waals surface area contributed by atoms with E-state index in [9.17, 15) is 0 Å². The monoisotopic (exact) mass is 278 g/mol. The fourth-order valence-corrected chi connectivity index (χ4v) is 4.19. The highest BCUT2D eigenvalue weighted by Crippen LogP contribution is 2.31. The molecule has 2 nitrogen and oxygen atoms in total. The number of nitrogens with one attached hydrogen (secondary N) is 1. The summed E-state index contributed by atoms with van der Waals surface area (Å²) >= 11 is 1.95. The lowest BCUT2D eigenvalue weighted by atomic mass is 9.98. The van der Waals surface area contributed by atoms with Crippen molar-refractivity contribution in [2.24, 2.45) is 5.92 Å². The van der Waals surface area contributed by atoms with Crippen molar-refractivity contribution >= 4 is 11.3 Å². The fraction of sp³-hybridized carbons (Fsp3) is 0.750. The molecule has 1 unspecified atom stereocenters. The lowest BCUT2D eigenvalue weighted by Gasteiger charge is -2.30. The van der Waals surface area contributed by atoms with Crippen LogP contribution in [0.15, 0.2) is 6.07 Å². The highest BCUT2D eigenvalue weighted by molar-refractivity contribution is 7.12. The predicted octanol–water partition coefficient (Wildman–Crippen LogP) is 3.33. The standard InChI is InChI=1S/C16H26N2S/c1-12-8-15(13(2)19-12)11-18(16-5-6-16)10-14-4-3-7-17-9-14/h8,14,16-17H,3-7,9-11H2,1-2H3. The van der Waals surface area contributed by atoms with Gasteiger partial charge in [-0.25, -0.2) is 0 Å². The largest absolute Gasteiger partial charge is 0.316 e. The SMILES string of the molecule is Cc1cc(CN(CC2CCCNC2)C2CC2)c(C)s1. The topological polar surface area (TPSA) is 15.3 Å². The Labute approximate surface area is 121 Å². The molecule has 3 rings (SSSR count). The predicted molar refractivity (Wildman–Crippen MR) is 82.8 cm³/mol. The van der Waals surface area contributed by atoms with E-state index in [1.807, 2.05) is 11.3 Å². The lowest BCUT2D eigenvalue weighted by molar-refractivity contribution is 0.192. The molecule has 106 valence electrons. The Kier molecular flexibility index (Phi) is 4.25. The number of rotatable bonds is 5. The Hall–Kier alpha value is -0.380. The van der Waals surface area contributed by atoms with Gasteiger partial charge in [0, 0.05) is 28.9 Å². The Morgan fingerprint density at radius 3 is 2.74 bits per heavy atom. The van der Waals surface area contributed by atoms with Gasteiger partial charge in [-0.2, -0.15) is 0 Å². The van der Waals surface area contributed by atoms with Crippen LogP contribution in [0, 0.1) is 19.8 Å². The summed E-state index contributed by atoms with van der Waals surface area (Å²) in [4.78, 5) is 5.74. The van der Waals surface area contributed by atoms with Crippen LogP contribution in [-0.2, 0) is 6.54 Å². The average Bonchev–Trinajstić information content (AvgIpc) is 3.18. The Bertz CT molecular complexity index is 416. The van der Waals surface area contributed by atoms with Crippen molar-refractivity contribution in [1.82, 2.24) is 10.2 Å². The summed E-state index contributed by atoms with van der Waals surface area (Å²) in [7, 11) is 0. The van der Waals surface area contributed by atoms with Crippen LogP contribution >= 0.6 is 11.3 Å². The van der Waals surface area contributed by atoms with Crippen LogP contribution in [-0.4, -0.2) is 30.6 Å². The smallest absolute Gasteiger partial charge is 0.0247 e. The van der Waals surface area contributed by atoms with Crippen molar-refractivity contribution in [3.8, 4) is 0 Å². The van der Waals surface area contributed by atoms with Crippen LogP contribution in [0.5, 0.6) is 0 Å². The fourth-order valence-electron chi connectivity index (χ4n) is 3.25. The van der Waals surface area contributed by atoms with E-state index < -0.39 is 0 Å². The van der Waals surface area contributed by atoms with E-state index in [0.29, 0.717) is 0 Å². The van der Waals surface area contributed by atoms with Crippen molar-refractivity contribution in [2.45, 2.75) is 52.1 Å². The highest BCUT2D eigenvalue weighted by atomic mass is 32.1. The lowest BCUT2D eigenvalue weighted by Crippen LogP contribution is -2.39. The first-order valence-corrected chi connectivity index (χ1v) is 8.54. The second-order valence-electron chi connectivity index (χ2n) is 6.31. The molecule has 1 atom stereocenters. The van der Waals surface area contributed by atoms with E-state index in [-0.39, 0.29) is 0 Å². The van der Waals surface area contributed by atoms with Crippen LogP contribution in [0.4, 0.5) is 0 Å². The third kappa shape index (κ3) is 3.59. The van der Waals surface area contributed by atoms with Crippen LogP contribution in [0.1, 0.15) is 41.0 Å². The minimum Gasteiger partial charge on any atom is -0.316 e. The highest BCUT2D eigenvalue weighted by Gasteiger charge is 2.31. The van der Waals surface area contributed by atoms with E-state index in [1.165, 1.54) is 61.6 Å². The average molecular weight is 278 g/mol. The molecule has 0 spiro atoms. The summed E-state index contributed by atoms with van der Waals surface area (Å²) in [5, 5.41) is 3.55. The van der Waals surface area contributed by atoms with Crippen molar-refractivity contribution in [3.63, 3.8) is 0 Å². The quantitative estimate of drug-likeness (QED) is 0.889. The van der Waals surface area contributed by atoms with E-state index in [4.69, 9.17) is 0 Å². The zero-order valence-corrected chi connectivity index (χ0v) is 13.1. The molecule has 1 aliphatic carbocycles. The van der Waals surface area contributed by atoms with Gasteiger partial charge in [-0.3, -0.25) is 4.90 Å². The summed E-state index contributed by atoms with van der Waals surface area (Å²) in [6.45, 7) is 9.44. The molecule has 1 saturated heterocycles. The maximum Gasteiger partial charge on any atom is 0.0247 e. The Morgan fingerprint density at radius 2 is 2.16 bits per heavy atom. The first kappa shape index (κ1) is 13.6. The number of hydrogen-bond donors (Lipinski definition) is 1. The molecule has 0 aromatic carbocycles. The number of nitrogens with zero attached hydrogens (tertiary/aromatic N) is 1. The first-order valence-electron chi connectivity index (χ1n) is 7.73. The third-order valence-corrected chi connectivity index (χ3v) is 5.48. The molecular weight excluding hydrogens is 252 g/mol. The summed E-state index contributed by atoms with van der Waals surface area (Å²) < 4.78 is 0. The number of piperidine rings is 1. The van der Waals surface area contributed by atoms with Crippen LogP contribution < -0.4 is 5.32 Å². The third-order valence-electron chi connectivity index (χ3n) is 4.47. The van der Waals surface area contributed by atoms with Crippen LogP contribution in [0.25, 0.3) is 0 Å². The van der Waals surface area contributed by atoms with Gasteiger partial charge < -0.3 is 5.32 Å². The number of hydrogen-bond acceptors (Lipinski definition) is 3. The second kappa shape index (κ2) is 5.94. The van der Waals surface area contributed by atoms with Gasteiger partial charge in [-0.1, -0.05) is 0 Å². The number of aryl methyl sites for hydroxylation is 2. The zero-order chi connectivity index (χ0) is 13.2. The molecule has 19 heavy (non-hydrogen) atoms. The normalized spacial score (nSPS) is 24.1. The molecule has 2 aliphatic rings. The van der Waals surface area contributed by atoms with Gasteiger partial charge >= 0.3 is 0 Å². The molecule has 3 heteroatoms. The van der Waals surface area contributed by atoms with E-state index >= 15 is 0 Å². The van der Waals surface area contributed by atoms with E-state index in [2.05, 4.69) is 30.1 Å². The molecular formula is C16H26N2S. The molecule has 1 aliphatic heterocycles. The maximum atomic E-state index is 3.55. The van der Waals surface area contributed by atoms with Gasteiger partial charge in [-0.05, 0) is 70.2 Å². The van der Waals surface area contributed by atoms with Crippen molar-refractivity contribution in [1.29, 1.82) is 0 Å². The molecule has 0 radical (unpaired) electrons. The molecule has 1 aromatic rings. The van der Waals surface area contributed by atoms with E-state index in [1.54, 1.807) is 5.56 Å².